The Morgan fingerprint density at radius 1 is 1.04 bits per heavy atom. The van der Waals surface area contributed by atoms with Gasteiger partial charge in [-0.25, -0.2) is 12.8 Å². The average molecular weight is 410 g/mol. The van der Waals surface area contributed by atoms with Gasteiger partial charge in [0.2, 0.25) is 0 Å². The number of rotatable bonds is 4. The van der Waals surface area contributed by atoms with Crippen molar-refractivity contribution in [3.05, 3.63) is 47.1 Å². The molecule has 0 bridgehead atoms. The second kappa shape index (κ2) is 7.40. The first-order chi connectivity index (χ1) is 12.7. The highest BCUT2D eigenvalue weighted by Gasteiger charge is 2.50. The van der Waals surface area contributed by atoms with Gasteiger partial charge in [-0.05, 0) is 42.7 Å². The lowest BCUT2D eigenvalue weighted by molar-refractivity contribution is -0.124. The van der Waals surface area contributed by atoms with Crippen molar-refractivity contribution in [2.45, 2.75) is 30.4 Å². The Bertz CT molecular complexity index is 962. The second-order valence-electron chi connectivity index (χ2n) is 6.55. The van der Waals surface area contributed by atoms with Gasteiger partial charge in [0.05, 0.1) is 4.88 Å². The number of hydrogen-bond donors (Lipinski definition) is 2. The maximum atomic E-state index is 13.0. The predicted molar refractivity (Wildman–Crippen MR) is 101 cm³/mol. The van der Waals surface area contributed by atoms with E-state index in [1.54, 1.807) is 24.3 Å². The summed E-state index contributed by atoms with van der Waals surface area (Å²) in [5, 5.41) is 0. The number of nitrogens with one attached hydrogen (secondary N) is 2. The molecular weight excluding hydrogens is 391 g/mol. The summed E-state index contributed by atoms with van der Waals surface area (Å²) < 4.78 is 35.7. The normalized spacial score (nSPS) is 16.1. The number of halogens is 1. The van der Waals surface area contributed by atoms with Crippen LogP contribution >= 0.6 is 11.3 Å². The predicted octanol–water partition coefficient (Wildman–Crippen LogP) is 2.67. The first-order valence-corrected chi connectivity index (χ1v) is 11.1. The quantitative estimate of drug-likeness (QED) is 0.758. The van der Waals surface area contributed by atoms with Crippen molar-refractivity contribution in [1.82, 2.24) is 10.9 Å². The molecular formula is C18H19FN2O4S2. The van der Waals surface area contributed by atoms with Crippen molar-refractivity contribution in [1.29, 1.82) is 0 Å². The first kappa shape index (κ1) is 19.5. The summed E-state index contributed by atoms with van der Waals surface area (Å²) in [5.41, 5.74) is 5.33. The highest BCUT2D eigenvalue weighted by molar-refractivity contribution is 7.92. The van der Waals surface area contributed by atoms with Crippen LogP contribution in [0.5, 0.6) is 0 Å². The molecule has 0 spiro atoms. The molecule has 0 radical (unpaired) electrons. The highest BCUT2D eigenvalue weighted by Crippen LogP contribution is 2.36. The smallest absolute Gasteiger partial charge is 0.271 e. The van der Waals surface area contributed by atoms with E-state index in [9.17, 15) is 22.4 Å². The lowest BCUT2D eigenvalue weighted by atomic mass is 10.1. The molecule has 1 aromatic heterocycles. The van der Waals surface area contributed by atoms with Gasteiger partial charge in [-0.2, -0.15) is 0 Å². The molecule has 3 rings (SSSR count). The van der Waals surface area contributed by atoms with Crippen LogP contribution in [0.15, 0.2) is 36.4 Å². The van der Waals surface area contributed by atoms with E-state index in [0.29, 0.717) is 17.7 Å². The van der Waals surface area contributed by atoms with Gasteiger partial charge < -0.3 is 0 Å². The van der Waals surface area contributed by atoms with Crippen LogP contribution in [0.1, 0.15) is 35.4 Å². The molecule has 2 aromatic rings. The number of hydrogen-bond acceptors (Lipinski definition) is 5. The Hall–Kier alpha value is -2.26. The fourth-order valence-electron chi connectivity index (χ4n) is 3.23. The zero-order valence-electron chi connectivity index (χ0n) is 14.6. The minimum absolute atomic E-state index is 0.251. The van der Waals surface area contributed by atoms with Crippen LogP contribution in [0.3, 0.4) is 0 Å². The minimum Gasteiger partial charge on any atom is -0.271 e. The molecule has 0 unspecified atom stereocenters. The fourth-order valence-corrected chi connectivity index (χ4v) is 5.56. The summed E-state index contributed by atoms with van der Waals surface area (Å²) in [6, 6.07) is 9.21. The molecule has 1 heterocycles. The molecule has 1 aliphatic rings. The van der Waals surface area contributed by atoms with E-state index in [1.165, 1.54) is 23.5 Å². The second-order valence-corrected chi connectivity index (χ2v) is 9.96. The van der Waals surface area contributed by atoms with Crippen molar-refractivity contribution >= 4 is 33.0 Å². The lowest BCUT2D eigenvalue weighted by Crippen LogP contribution is -2.55. The van der Waals surface area contributed by atoms with E-state index in [0.717, 1.165) is 16.7 Å². The SMILES string of the molecule is CS(=O)(=O)C1(C(=O)NNC(=O)c2ccc(-c3ccc(F)cc3)s2)CCCC1. The van der Waals surface area contributed by atoms with E-state index < -0.39 is 26.4 Å². The highest BCUT2D eigenvalue weighted by atomic mass is 32.2. The molecule has 2 N–H and O–H groups in total. The van der Waals surface area contributed by atoms with Gasteiger partial charge in [0.25, 0.3) is 11.8 Å². The summed E-state index contributed by atoms with van der Waals surface area (Å²) in [4.78, 5) is 25.9. The summed E-state index contributed by atoms with van der Waals surface area (Å²) in [7, 11) is -3.60. The Labute approximate surface area is 160 Å². The Balaban J connectivity index is 1.68. The first-order valence-electron chi connectivity index (χ1n) is 8.39. The molecule has 9 heteroatoms. The Kier molecular flexibility index (Phi) is 5.34. The average Bonchev–Trinajstić information content (AvgIpc) is 3.29. The van der Waals surface area contributed by atoms with Crippen LogP contribution in [0.4, 0.5) is 4.39 Å². The van der Waals surface area contributed by atoms with Crippen LogP contribution in [0.2, 0.25) is 0 Å². The molecule has 144 valence electrons. The van der Waals surface area contributed by atoms with E-state index in [2.05, 4.69) is 10.9 Å². The number of thiophene rings is 1. The zero-order valence-corrected chi connectivity index (χ0v) is 16.3. The third-order valence-corrected chi connectivity index (χ3v) is 7.93. The summed E-state index contributed by atoms with van der Waals surface area (Å²) >= 11 is 1.18. The van der Waals surface area contributed by atoms with Gasteiger partial charge in [-0.15, -0.1) is 11.3 Å². The van der Waals surface area contributed by atoms with E-state index >= 15 is 0 Å². The molecule has 1 aliphatic carbocycles. The maximum absolute atomic E-state index is 13.0. The van der Waals surface area contributed by atoms with Crippen LogP contribution < -0.4 is 10.9 Å². The molecule has 0 atom stereocenters. The van der Waals surface area contributed by atoms with Crippen LogP contribution in [-0.4, -0.2) is 31.2 Å². The largest absolute Gasteiger partial charge is 0.279 e. The number of carbonyl (C=O) groups excluding carboxylic acids is 2. The fraction of sp³-hybridized carbons (Fsp3) is 0.333. The molecule has 1 saturated carbocycles. The van der Waals surface area contributed by atoms with Crippen LogP contribution in [0.25, 0.3) is 10.4 Å². The van der Waals surface area contributed by atoms with Crippen LogP contribution in [-0.2, 0) is 14.6 Å². The third-order valence-electron chi connectivity index (χ3n) is 4.78. The van der Waals surface area contributed by atoms with E-state index in [-0.39, 0.29) is 18.7 Å². The van der Waals surface area contributed by atoms with Gasteiger partial charge in [0.1, 0.15) is 5.82 Å². The van der Waals surface area contributed by atoms with Gasteiger partial charge >= 0.3 is 0 Å². The molecule has 1 aromatic carbocycles. The standard InChI is InChI=1S/C18H19FN2O4S2/c1-27(24,25)18(10-2-3-11-18)17(23)21-20-16(22)15-9-8-14(26-15)12-4-6-13(19)7-5-12/h4-9H,2-3,10-11H2,1H3,(H,20,22)(H,21,23). The van der Waals surface area contributed by atoms with Crippen molar-refractivity contribution in [3.63, 3.8) is 0 Å². The van der Waals surface area contributed by atoms with Crippen molar-refractivity contribution < 1.29 is 22.4 Å². The Morgan fingerprint density at radius 2 is 1.67 bits per heavy atom. The van der Waals surface area contributed by atoms with Crippen molar-refractivity contribution in [2.75, 3.05) is 6.26 Å². The van der Waals surface area contributed by atoms with Crippen LogP contribution in [0, 0.1) is 5.82 Å². The lowest BCUT2D eigenvalue weighted by Gasteiger charge is -2.25. The Morgan fingerprint density at radius 3 is 2.26 bits per heavy atom. The van der Waals surface area contributed by atoms with E-state index in [4.69, 9.17) is 0 Å². The number of sulfone groups is 1. The van der Waals surface area contributed by atoms with Crippen molar-refractivity contribution in [2.24, 2.45) is 0 Å². The van der Waals surface area contributed by atoms with Gasteiger partial charge in [-0.3, -0.25) is 20.4 Å². The zero-order chi connectivity index (χ0) is 19.7. The molecule has 0 aliphatic heterocycles. The molecule has 6 nitrogen and oxygen atoms in total. The number of hydrazine groups is 1. The molecule has 0 saturated heterocycles. The number of amides is 2. The summed E-state index contributed by atoms with van der Waals surface area (Å²) in [6.45, 7) is 0. The summed E-state index contributed by atoms with van der Waals surface area (Å²) in [5.74, 6) is -1.59. The topological polar surface area (TPSA) is 92.3 Å². The minimum atomic E-state index is -3.60. The number of benzene rings is 1. The van der Waals surface area contributed by atoms with Gasteiger partial charge in [0.15, 0.2) is 14.6 Å². The maximum Gasteiger partial charge on any atom is 0.279 e. The molecule has 1 fully saturated rings. The van der Waals surface area contributed by atoms with Gasteiger partial charge in [0, 0.05) is 11.1 Å². The molecule has 2 amide bonds. The van der Waals surface area contributed by atoms with Gasteiger partial charge in [-0.1, -0.05) is 25.0 Å². The van der Waals surface area contributed by atoms with Crippen molar-refractivity contribution in [3.8, 4) is 10.4 Å². The monoisotopic (exact) mass is 410 g/mol. The van der Waals surface area contributed by atoms with E-state index in [1.807, 2.05) is 0 Å². The number of carbonyl (C=O) groups is 2. The summed E-state index contributed by atoms with van der Waals surface area (Å²) in [6.07, 6.45) is 2.86. The third kappa shape index (κ3) is 3.89. The molecule has 27 heavy (non-hydrogen) atoms.